The van der Waals surface area contributed by atoms with Crippen LogP contribution in [-0.2, 0) is 9.36 Å². The third-order valence-corrected chi connectivity index (χ3v) is 0. The zero-order valence-corrected chi connectivity index (χ0v) is 9.46. The van der Waals surface area contributed by atoms with Gasteiger partial charge in [0.15, 0.2) is 0 Å². The quantitative estimate of drug-likeness (QED) is 0.285. The van der Waals surface area contributed by atoms with Gasteiger partial charge in [0.1, 0.15) is 0 Å². The van der Waals surface area contributed by atoms with E-state index < -0.39 is 13.8 Å². The van der Waals surface area contributed by atoms with Gasteiger partial charge < -0.3 is 32.2 Å². The largest absolute Gasteiger partial charge is 2.00 e. The van der Waals surface area contributed by atoms with Crippen molar-refractivity contribution < 1.29 is 41.6 Å². The Morgan fingerprint density at radius 3 is 1.45 bits per heavy atom. The Bertz CT molecular complexity index is 120. The number of halogens is 1. The molecule has 0 fully saturated rings. The molecule has 0 amide bonds. The number of aliphatic carboxylic acids is 1. The topological polar surface area (TPSA) is 118 Å². The Balaban J connectivity index is -0.0000000383. The molecule has 0 aliphatic heterocycles. The minimum atomic E-state index is -4.89. The first-order chi connectivity index (χ1) is 3.73. The first kappa shape index (κ1) is 22.7. The fourth-order valence-electron chi connectivity index (χ4n) is 0. The molecule has 0 aliphatic carbocycles. The number of phosphoric acid groups is 1. The van der Waals surface area contributed by atoms with Crippen molar-refractivity contribution in [3.8, 4) is 0 Å². The second-order valence-electron chi connectivity index (χ2n) is 1.01. The molecule has 0 unspecified atom stereocenters. The van der Waals surface area contributed by atoms with Gasteiger partial charge in [-0.2, -0.15) is 0 Å². The van der Waals surface area contributed by atoms with Crippen LogP contribution < -0.4 is 17.3 Å². The third kappa shape index (κ3) is 727. The molecule has 0 heterocycles. The summed E-state index contributed by atoms with van der Waals surface area (Å²) in [4.78, 5) is 31.9. The summed E-state index contributed by atoms with van der Waals surface area (Å²) in [6, 6.07) is 0. The molecular weight excluding hydrogens is 227 g/mol. The summed E-state index contributed by atoms with van der Waals surface area (Å²) in [5.74, 6) is -0.833. The van der Waals surface area contributed by atoms with E-state index in [2.05, 4.69) is 0 Å². The normalized spacial score (nSPS) is 7.64. The number of carboxylic acid groups (broad SMARTS) is 1. The van der Waals surface area contributed by atoms with Crippen molar-refractivity contribution in [1.82, 2.24) is 0 Å². The molecule has 11 heavy (non-hydrogen) atoms. The fourth-order valence-corrected chi connectivity index (χ4v) is 0. The molecule has 64 valence electrons. The van der Waals surface area contributed by atoms with Crippen LogP contribution in [-0.4, -0.2) is 58.6 Å². The van der Waals surface area contributed by atoms with Gasteiger partial charge in [-0.1, -0.05) is 0 Å². The Morgan fingerprint density at radius 2 is 1.45 bits per heavy atom. The van der Waals surface area contributed by atoms with E-state index in [-0.39, 0.29) is 50.1 Å². The molecule has 9 heteroatoms. The summed E-state index contributed by atoms with van der Waals surface area (Å²) in [7, 11) is -4.89. The molecule has 0 spiro atoms. The van der Waals surface area contributed by atoms with E-state index in [4.69, 9.17) is 29.1 Å². The predicted molar refractivity (Wildman–Crippen MR) is 31.1 cm³/mol. The number of hydrogen-bond acceptors (Lipinski definition) is 3. The zero-order valence-electron chi connectivity index (χ0n) is 5.60. The first-order valence-electron chi connectivity index (χ1n) is 1.69. The van der Waals surface area contributed by atoms with Crippen molar-refractivity contribution in [2.45, 2.75) is 6.92 Å². The molecule has 0 saturated carbocycles. The molecule has 0 saturated heterocycles. The van der Waals surface area contributed by atoms with E-state index in [1.54, 1.807) is 0 Å². The van der Waals surface area contributed by atoms with Crippen LogP contribution >= 0.6 is 7.82 Å². The maximum Gasteiger partial charge on any atom is 2.00 e. The SMILES string of the molecule is CC(=O)O.O=P([O-])(O)O.[Ca+2].[Cl-]. The summed E-state index contributed by atoms with van der Waals surface area (Å²) in [5.41, 5.74) is 0. The minimum absolute atomic E-state index is 0. The molecule has 0 aliphatic rings. The van der Waals surface area contributed by atoms with Gasteiger partial charge in [-0.25, -0.2) is 0 Å². The molecule has 0 aromatic rings. The summed E-state index contributed by atoms with van der Waals surface area (Å²) in [6.07, 6.45) is 0. The van der Waals surface area contributed by atoms with Crippen LogP contribution in [0, 0.1) is 0 Å². The average molecular weight is 233 g/mol. The van der Waals surface area contributed by atoms with Crippen LogP contribution in [0.4, 0.5) is 0 Å². The van der Waals surface area contributed by atoms with Gasteiger partial charge >= 0.3 is 37.7 Å². The first-order valence-corrected chi connectivity index (χ1v) is 3.22. The molecule has 0 atom stereocenters. The average Bonchev–Trinajstić information content (AvgIpc) is 1.19. The number of hydrogen-bond donors (Lipinski definition) is 3. The summed E-state index contributed by atoms with van der Waals surface area (Å²) < 4.78 is 8.77. The number of rotatable bonds is 0. The summed E-state index contributed by atoms with van der Waals surface area (Å²) >= 11 is 0. The van der Waals surface area contributed by atoms with Gasteiger partial charge in [0, 0.05) is 6.92 Å². The van der Waals surface area contributed by atoms with Crippen molar-refractivity contribution >= 4 is 51.5 Å². The van der Waals surface area contributed by atoms with E-state index in [9.17, 15) is 0 Å². The molecule has 0 aromatic heterocycles. The summed E-state index contributed by atoms with van der Waals surface area (Å²) in [5, 5.41) is 7.42. The maximum atomic E-state index is 9.00. The van der Waals surface area contributed by atoms with Gasteiger partial charge in [-0.05, 0) is 0 Å². The van der Waals surface area contributed by atoms with Crippen LogP contribution in [0.15, 0.2) is 0 Å². The second-order valence-corrected chi connectivity index (χ2v) is 1.99. The molecule has 0 aromatic carbocycles. The van der Waals surface area contributed by atoms with Crippen LogP contribution in [0.1, 0.15) is 6.92 Å². The van der Waals surface area contributed by atoms with Crippen molar-refractivity contribution in [2.75, 3.05) is 0 Å². The number of carboxylic acids is 1. The summed E-state index contributed by atoms with van der Waals surface area (Å²) in [6.45, 7) is 1.08. The van der Waals surface area contributed by atoms with Gasteiger partial charge in [0.25, 0.3) is 13.8 Å². The van der Waals surface area contributed by atoms with Gasteiger partial charge in [0.2, 0.25) is 0 Å². The molecule has 0 radical (unpaired) electrons. The van der Waals surface area contributed by atoms with E-state index in [0.29, 0.717) is 0 Å². The monoisotopic (exact) mass is 232 g/mol. The maximum absolute atomic E-state index is 9.00. The van der Waals surface area contributed by atoms with Crippen molar-refractivity contribution in [2.24, 2.45) is 0 Å². The zero-order chi connectivity index (χ0) is 8.08. The van der Waals surface area contributed by atoms with Gasteiger partial charge in [0.05, 0.1) is 0 Å². The Hall–Kier alpha value is 1.13. The van der Waals surface area contributed by atoms with Crippen molar-refractivity contribution in [3.05, 3.63) is 0 Å². The van der Waals surface area contributed by atoms with E-state index in [1.165, 1.54) is 0 Å². The van der Waals surface area contributed by atoms with Gasteiger partial charge in [-0.15, -0.1) is 0 Å². The van der Waals surface area contributed by atoms with Crippen LogP contribution in [0.5, 0.6) is 0 Å². The Kier molecular flexibility index (Phi) is 23.0. The molecule has 0 rings (SSSR count). The van der Waals surface area contributed by atoms with E-state index >= 15 is 0 Å². The molecule has 3 N–H and O–H groups in total. The molecule has 0 bridgehead atoms. The van der Waals surface area contributed by atoms with E-state index in [1.807, 2.05) is 0 Å². The van der Waals surface area contributed by atoms with Crippen molar-refractivity contribution in [3.63, 3.8) is 0 Å². The standard InChI is InChI=1S/C2H4O2.Ca.ClH.H3O4P/c1-2(3)4;;;1-5(2,3)4/h1H3,(H,3,4);;1H;(H3,1,2,3,4)/q;+2;;/p-2. The van der Waals surface area contributed by atoms with Crippen LogP contribution in [0.25, 0.3) is 0 Å². The van der Waals surface area contributed by atoms with Crippen LogP contribution in [0.3, 0.4) is 0 Å². The smallest absolute Gasteiger partial charge is 1.00 e. The minimum Gasteiger partial charge on any atom is -1.00 e. The molecular formula is C2H6CaClO6P. The van der Waals surface area contributed by atoms with E-state index in [0.717, 1.165) is 6.92 Å². The van der Waals surface area contributed by atoms with Crippen LogP contribution in [0.2, 0.25) is 0 Å². The van der Waals surface area contributed by atoms with Gasteiger partial charge in [-0.3, -0.25) is 9.36 Å². The Morgan fingerprint density at radius 1 is 1.45 bits per heavy atom. The second kappa shape index (κ2) is 11.1. The fraction of sp³-hybridized carbons (Fsp3) is 0.500. The molecule has 6 nitrogen and oxygen atoms in total. The van der Waals surface area contributed by atoms with Crippen molar-refractivity contribution in [1.29, 1.82) is 0 Å². The third-order valence-electron chi connectivity index (χ3n) is 0. The predicted octanol–water partition coefficient (Wildman–Crippen LogP) is -4.85. The Labute approximate surface area is 99.3 Å². The number of carbonyl (C=O) groups is 1.